The van der Waals surface area contributed by atoms with Gasteiger partial charge >= 0.3 is 0 Å². The van der Waals surface area contributed by atoms with E-state index in [0.717, 1.165) is 5.56 Å². The number of ketones is 1. The number of likely N-dealkylation sites (tertiary alicyclic amines) is 1. The van der Waals surface area contributed by atoms with E-state index < -0.39 is 17.7 Å². The van der Waals surface area contributed by atoms with Gasteiger partial charge in [0.05, 0.1) is 18.2 Å². The summed E-state index contributed by atoms with van der Waals surface area (Å²) in [4.78, 5) is 31.3. The summed E-state index contributed by atoms with van der Waals surface area (Å²) in [5.41, 5.74) is 2.16. The predicted molar refractivity (Wildman–Crippen MR) is 149 cm³/mol. The first-order valence-corrected chi connectivity index (χ1v) is 13.6. The summed E-state index contributed by atoms with van der Waals surface area (Å²) < 4.78 is 19.2. The van der Waals surface area contributed by atoms with E-state index in [9.17, 15) is 14.7 Å². The third kappa shape index (κ3) is 5.51. The van der Waals surface area contributed by atoms with Crippen LogP contribution in [-0.4, -0.2) is 46.4 Å². The van der Waals surface area contributed by atoms with Gasteiger partial charge in [0.2, 0.25) is 6.33 Å². The van der Waals surface area contributed by atoms with Crippen LogP contribution in [0.5, 0.6) is 17.2 Å². The maximum absolute atomic E-state index is 13.4. The van der Waals surface area contributed by atoms with Crippen LogP contribution in [-0.2, 0) is 22.7 Å². The Bertz CT molecular complexity index is 1560. The SMILES string of the molecule is O=C1C(=O)N(CCC[n+]2cc[nH]c2)C(c2ccc(OCc3ccccc3)cc2)/C1=C(\O)c1ccc2c(c1)OCCO2. The number of aromatic nitrogens is 2. The second-order valence-electron chi connectivity index (χ2n) is 9.90. The molecule has 2 aliphatic heterocycles. The lowest BCUT2D eigenvalue weighted by Gasteiger charge is -2.25. The van der Waals surface area contributed by atoms with Crippen molar-refractivity contribution in [3.8, 4) is 17.2 Å². The number of aliphatic hydroxyl groups is 1. The predicted octanol–water partition coefficient (Wildman–Crippen LogP) is 4.16. The monoisotopic (exact) mass is 552 g/mol. The largest absolute Gasteiger partial charge is 0.507 e. The number of nitrogens with zero attached hydrogens (tertiary/aromatic N) is 2. The highest BCUT2D eigenvalue weighted by Gasteiger charge is 2.46. The Morgan fingerprint density at radius 3 is 2.54 bits per heavy atom. The van der Waals surface area contributed by atoms with Crippen LogP contribution in [0.15, 0.2) is 97.1 Å². The van der Waals surface area contributed by atoms with E-state index in [0.29, 0.717) is 67.7 Å². The number of fused-ring (bicyclic) bond motifs is 1. The molecular weight excluding hydrogens is 522 g/mol. The number of hydrogen-bond acceptors (Lipinski definition) is 6. The van der Waals surface area contributed by atoms with E-state index in [1.807, 2.05) is 77.9 Å². The normalized spacial score (nSPS) is 17.6. The average molecular weight is 553 g/mol. The standard InChI is InChI=1S/C32H29N3O6/c36-30(24-9-12-26-27(19-24)40-18-17-39-26)28-29(35(32(38)31(28)37)15-4-14-34-16-13-33-21-34)23-7-10-25(11-8-23)41-20-22-5-2-1-3-6-22/h1-3,5-13,16,19,21,29H,4,14-15,17-18,20H2,(H,36,37)/p+1. The van der Waals surface area contributed by atoms with Crippen LogP contribution in [0, 0.1) is 0 Å². The van der Waals surface area contributed by atoms with Crippen molar-refractivity contribution in [2.45, 2.75) is 25.6 Å². The van der Waals surface area contributed by atoms with E-state index in [4.69, 9.17) is 14.2 Å². The number of aliphatic hydroxyl groups excluding tert-OH is 1. The number of rotatable bonds is 9. The number of H-pyrrole nitrogens is 1. The van der Waals surface area contributed by atoms with Gasteiger partial charge in [-0.2, -0.15) is 0 Å². The van der Waals surface area contributed by atoms with Crippen LogP contribution in [0.25, 0.3) is 5.76 Å². The molecular formula is C32H30N3O6+. The summed E-state index contributed by atoms with van der Waals surface area (Å²) in [5.74, 6) is 0.0915. The molecule has 0 spiro atoms. The fourth-order valence-corrected chi connectivity index (χ4v) is 5.17. The highest BCUT2D eigenvalue weighted by molar-refractivity contribution is 6.46. The van der Waals surface area contributed by atoms with Gasteiger partial charge < -0.3 is 24.2 Å². The summed E-state index contributed by atoms with van der Waals surface area (Å²) in [5, 5.41) is 11.5. The average Bonchev–Trinajstić information content (AvgIpc) is 3.63. The molecule has 6 rings (SSSR count). The van der Waals surface area contributed by atoms with E-state index in [1.165, 1.54) is 0 Å². The molecule has 0 radical (unpaired) electrons. The first-order chi connectivity index (χ1) is 20.1. The third-order valence-electron chi connectivity index (χ3n) is 7.22. The van der Waals surface area contributed by atoms with Crippen molar-refractivity contribution in [1.29, 1.82) is 0 Å². The Hall–Kier alpha value is -5.05. The highest BCUT2D eigenvalue weighted by atomic mass is 16.6. The van der Waals surface area contributed by atoms with Crippen LogP contribution < -0.4 is 18.8 Å². The van der Waals surface area contributed by atoms with Crippen LogP contribution in [0.4, 0.5) is 0 Å². The van der Waals surface area contributed by atoms with Gasteiger partial charge in [0.1, 0.15) is 43.7 Å². The quantitative estimate of drug-likeness (QED) is 0.140. The number of aromatic amines is 1. The molecule has 1 amide bonds. The number of carbonyl (C=O) groups excluding carboxylic acids is 2. The van der Waals surface area contributed by atoms with Gasteiger partial charge in [-0.15, -0.1) is 0 Å². The summed E-state index contributed by atoms with van der Waals surface area (Å²) in [6.07, 6.45) is 6.18. The summed E-state index contributed by atoms with van der Waals surface area (Å²) >= 11 is 0. The molecule has 0 bridgehead atoms. The zero-order valence-corrected chi connectivity index (χ0v) is 22.4. The van der Waals surface area contributed by atoms with E-state index in [2.05, 4.69) is 4.98 Å². The molecule has 0 saturated carbocycles. The fourth-order valence-electron chi connectivity index (χ4n) is 5.17. The van der Waals surface area contributed by atoms with E-state index >= 15 is 0 Å². The molecule has 208 valence electrons. The van der Waals surface area contributed by atoms with Crippen molar-refractivity contribution in [2.75, 3.05) is 19.8 Å². The Balaban J connectivity index is 1.31. The Morgan fingerprint density at radius 1 is 1.00 bits per heavy atom. The number of amides is 1. The van der Waals surface area contributed by atoms with Crippen LogP contribution in [0.3, 0.4) is 0 Å². The van der Waals surface area contributed by atoms with Crippen molar-refractivity contribution in [3.63, 3.8) is 0 Å². The smallest absolute Gasteiger partial charge is 0.295 e. The van der Waals surface area contributed by atoms with Gasteiger partial charge in [0, 0.05) is 18.5 Å². The van der Waals surface area contributed by atoms with Crippen molar-refractivity contribution < 1.29 is 33.5 Å². The Labute approximate surface area is 237 Å². The second-order valence-corrected chi connectivity index (χ2v) is 9.90. The fraction of sp³-hybridized carbons (Fsp3) is 0.219. The molecule has 1 fully saturated rings. The van der Waals surface area contributed by atoms with Crippen LogP contribution in [0.2, 0.25) is 0 Å². The first-order valence-electron chi connectivity index (χ1n) is 13.6. The third-order valence-corrected chi connectivity index (χ3v) is 7.22. The van der Waals surface area contributed by atoms with Crippen molar-refractivity contribution in [1.82, 2.24) is 9.88 Å². The Morgan fingerprint density at radius 2 is 1.78 bits per heavy atom. The van der Waals surface area contributed by atoms with Crippen LogP contribution in [0.1, 0.15) is 29.2 Å². The number of hydrogen-bond donors (Lipinski definition) is 2. The van der Waals surface area contributed by atoms with Crippen molar-refractivity contribution >= 4 is 17.4 Å². The maximum atomic E-state index is 13.4. The van der Waals surface area contributed by atoms with Crippen molar-refractivity contribution in [3.05, 3.63) is 114 Å². The molecule has 9 nitrogen and oxygen atoms in total. The number of nitrogens with one attached hydrogen (secondary N) is 1. The molecule has 2 N–H and O–H groups in total. The molecule has 3 heterocycles. The molecule has 2 aliphatic rings. The van der Waals surface area contributed by atoms with Gasteiger partial charge in [0.25, 0.3) is 11.7 Å². The van der Waals surface area contributed by atoms with Gasteiger partial charge in [-0.3, -0.25) is 14.6 Å². The molecule has 4 aromatic rings. The number of aryl methyl sites for hydroxylation is 1. The van der Waals surface area contributed by atoms with Gasteiger partial charge in [-0.25, -0.2) is 4.57 Å². The maximum Gasteiger partial charge on any atom is 0.295 e. The molecule has 0 aliphatic carbocycles. The molecule has 1 aromatic heterocycles. The topological polar surface area (TPSA) is 105 Å². The Kier molecular flexibility index (Phi) is 7.40. The lowest BCUT2D eigenvalue weighted by Crippen LogP contribution is -2.36. The zero-order chi connectivity index (χ0) is 28.2. The number of carbonyl (C=O) groups is 2. The number of ether oxygens (including phenoxy) is 3. The van der Waals surface area contributed by atoms with Gasteiger partial charge in [-0.1, -0.05) is 42.5 Å². The number of imidazole rings is 1. The first kappa shape index (κ1) is 26.2. The van der Waals surface area contributed by atoms with Crippen LogP contribution >= 0.6 is 0 Å². The lowest BCUT2D eigenvalue weighted by atomic mass is 9.95. The van der Waals surface area contributed by atoms with E-state index in [-0.39, 0.29) is 11.3 Å². The highest BCUT2D eigenvalue weighted by Crippen LogP contribution is 2.41. The van der Waals surface area contributed by atoms with Crippen molar-refractivity contribution in [2.24, 2.45) is 0 Å². The number of Topliss-reactive ketones (excluding diaryl/α,β-unsaturated/α-hetero) is 1. The zero-order valence-electron chi connectivity index (χ0n) is 22.4. The number of benzene rings is 3. The molecule has 9 heteroatoms. The molecule has 1 saturated heterocycles. The molecule has 1 unspecified atom stereocenters. The van der Waals surface area contributed by atoms with E-state index in [1.54, 1.807) is 23.1 Å². The minimum atomic E-state index is -0.761. The van der Waals surface area contributed by atoms with Gasteiger partial charge in [0.15, 0.2) is 11.5 Å². The summed E-state index contributed by atoms with van der Waals surface area (Å²) in [6, 6.07) is 21.4. The minimum absolute atomic E-state index is 0.0407. The molecule has 1 atom stereocenters. The summed E-state index contributed by atoms with van der Waals surface area (Å²) in [7, 11) is 0. The van der Waals surface area contributed by atoms with Gasteiger partial charge in [-0.05, 0) is 41.5 Å². The summed E-state index contributed by atoms with van der Waals surface area (Å²) in [6.45, 7) is 2.24. The molecule has 3 aromatic carbocycles. The lowest BCUT2D eigenvalue weighted by molar-refractivity contribution is -0.695. The molecule has 41 heavy (non-hydrogen) atoms. The minimum Gasteiger partial charge on any atom is -0.507 e. The second kappa shape index (κ2) is 11.6.